The van der Waals surface area contributed by atoms with Crippen molar-refractivity contribution in [3.8, 4) is 0 Å². The molecule has 0 aliphatic heterocycles. The molecule has 7 nitrogen and oxygen atoms in total. The van der Waals surface area contributed by atoms with Crippen molar-refractivity contribution in [3.63, 3.8) is 0 Å². The summed E-state index contributed by atoms with van der Waals surface area (Å²) in [6, 6.07) is 15.0. The Labute approximate surface area is 213 Å². The van der Waals surface area contributed by atoms with Crippen LogP contribution in [0.25, 0.3) is 0 Å². The van der Waals surface area contributed by atoms with E-state index in [1.165, 1.54) is 36.4 Å². The number of hydrogen-bond acceptors (Lipinski definition) is 6. The molecule has 13 heteroatoms. The van der Waals surface area contributed by atoms with Gasteiger partial charge in [0.25, 0.3) is 0 Å². The summed E-state index contributed by atoms with van der Waals surface area (Å²) in [5, 5.41) is 5.28. The fraction of sp³-hybridized carbons (Fsp3) is 0.217. The summed E-state index contributed by atoms with van der Waals surface area (Å²) in [7, 11) is -8.02. The number of anilines is 2. The highest BCUT2D eigenvalue weighted by Gasteiger charge is 2.34. The van der Waals surface area contributed by atoms with Gasteiger partial charge in [-0.3, -0.25) is 0 Å². The molecule has 3 rings (SSSR count). The zero-order chi connectivity index (χ0) is 27.3. The molecule has 0 unspecified atom stereocenters. The summed E-state index contributed by atoms with van der Waals surface area (Å²) in [5.74, 6) is 0. The topological polar surface area (TPSA) is 124 Å². The van der Waals surface area contributed by atoms with Gasteiger partial charge in [0.2, 0.25) is 19.9 Å². The smallest absolute Gasteiger partial charge is 0.398 e. The number of rotatable bonds is 6. The first-order valence-electron chi connectivity index (χ1n) is 10.5. The SMILES string of the molecule is CCN(CC)c1cc(C(F)(F)F)c(N)cc1Cl.NS(=O)(=O)c1ccccc1S(=O)(=O)c1ccccc1. The molecule has 0 aliphatic carbocycles. The third-order valence-corrected chi connectivity index (χ3v) is 8.26. The van der Waals surface area contributed by atoms with E-state index in [2.05, 4.69) is 0 Å². The van der Waals surface area contributed by atoms with Gasteiger partial charge in [0.15, 0.2) is 0 Å². The molecule has 0 radical (unpaired) electrons. The van der Waals surface area contributed by atoms with Gasteiger partial charge in [0, 0.05) is 18.8 Å². The molecule has 0 fully saturated rings. The molecule has 0 spiro atoms. The Morgan fingerprint density at radius 3 is 1.83 bits per heavy atom. The molecule has 3 aromatic carbocycles. The minimum absolute atomic E-state index is 0.0195. The molecular weight excluding hydrogens is 539 g/mol. The second kappa shape index (κ2) is 11.5. The number of nitrogens with two attached hydrogens (primary N) is 2. The van der Waals surface area contributed by atoms with E-state index in [1.807, 2.05) is 13.8 Å². The van der Waals surface area contributed by atoms with Crippen molar-refractivity contribution in [1.29, 1.82) is 0 Å². The van der Waals surface area contributed by atoms with E-state index in [0.29, 0.717) is 18.8 Å². The minimum atomic E-state index is -4.46. The molecular formula is C23H25ClF3N3O4S2. The van der Waals surface area contributed by atoms with Crippen LogP contribution in [0.4, 0.5) is 24.5 Å². The van der Waals surface area contributed by atoms with Gasteiger partial charge >= 0.3 is 6.18 Å². The van der Waals surface area contributed by atoms with Crippen molar-refractivity contribution >= 4 is 42.8 Å². The highest BCUT2D eigenvalue weighted by Crippen LogP contribution is 2.39. The van der Waals surface area contributed by atoms with Crippen LogP contribution in [-0.4, -0.2) is 29.9 Å². The lowest BCUT2D eigenvalue weighted by Crippen LogP contribution is -2.23. The number of sulfone groups is 1. The van der Waals surface area contributed by atoms with Crippen molar-refractivity contribution in [2.24, 2.45) is 5.14 Å². The molecule has 0 atom stereocenters. The van der Waals surface area contributed by atoms with Gasteiger partial charge in [-0.15, -0.1) is 0 Å². The number of nitrogens with zero attached hydrogens (tertiary/aromatic N) is 1. The maximum absolute atomic E-state index is 12.7. The van der Waals surface area contributed by atoms with Crippen molar-refractivity contribution in [2.45, 2.75) is 34.7 Å². The molecule has 3 aromatic rings. The van der Waals surface area contributed by atoms with E-state index in [1.54, 1.807) is 23.1 Å². The lowest BCUT2D eigenvalue weighted by atomic mass is 10.1. The van der Waals surface area contributed by atoms with Crippen molar-refractivity contribution in [3.05, 3.63) is 77.3 Å². The van der Waals surface area contributed by atoms with Crippen LogP contribution in [0.1, 0.15) is 19.4 Å². The van der Waals surface area contributed by atoms with Gasteiger partial charge in [-0.2, -0.15) is 13.2 Å². The zero-order valence-corrected chi connectivity index (χ0v) is 21.7. The molecule has 0 saturated carbocycles. The van der Waals surface area contributed by atoms with Gasteiger partial charge in [-0.25, -0.2) is 22.0 Å². The molecule has 196 valence electrons. The van der Waals surface area contributed by atoms with Crippen molar-refractivity contribution in [2.75, 3.05) is 23.7 Å². The summed E-state index contributed by atoms with van der Waals surface area (Å²) < 4.78 is 85.7. The second-order valence-electron chi connectivity index (χ2n) is 7.37. The highest BCUT2D eigenvalue weighted by molar-refractivity contribution is 7.93. The van der Waals surface area contributed by atoms with E-state index >= 15 is 0 Å². The Morgan fingerprint density at radius 1 is 0.861 bits per heavy atom. The van der Waals surface area contributed by atoms with Crippen LogP contribution in [0.3, 0.4) is 0 Å². The molecule has 0 aromatic heterocycles. The summed E-state index contributed by atoms with van der Waals surface area (Å²) in [5.41, 5.74) is 4.50. The fourth-order valence-electron chi connectivity index (χ4n) is 3.26. The molecule has 0 aliphatic rings. The summed E-state index contributed by atoms with van der Waals surface area (Å²) in [6.45, 7) is 4.86. The molecule has 36 heavy (non-hydrogen) atoms. The number of primary sulfonamides is 1. The third-order valence-electron chi connectivity index (χ3n) is 5.03. The molecule has 4 N–H and O–H groups in total. The largest absolute Gasteiger partial charge is 0.418 e. The first-order chi connectivity index (χ1) is 16.6. The molecule has 0 heterocycles. The fourth-order valence-corrected chi connectivity index (χ4v) is 6.21. The number of hydrogen-bond donors (Lipinski definition) is 2. The molecule has 0 saturated heterocycles. The average Bonchev–Trinajstić information content (AvgIpc) is 2.80. The van der Waals surface area contributed by atoms with Gasteiger partial charge in [-0.1, -0.05) is 41.9 Å². The Morgan fingerprint density at radius 2 is 1.36 bits per heavy atom. The van der Waals surface area contributed by atoms with E-state index < -0.39 is 36.5 Å². The van der Waals surface area contributed by atoms with Crippen LogP contribution in [0.2, 0.25) is 5.02 Å². The Balaban J connectivity index is 0.000000255. The van der Waals surface area contributed by atoms with Crippen molar-refractivity contribution < 1.29 is 30.0 Å². The predicted molar refractivity (Wildman–Crippen MR) is 134 cm³/mol. The summed E-state index contributed by atoms with van der Waals surface area (Å²) in [4.78, 5) is 1.05. The van der Waals surface area contributed by atoms with Crippen LogP contribution < -0.4 is 15.8 Å². The number of nitrogen functional groups attached to an aromatic ring is 1. The van der Waals surface area contributed by atoms with E-state index in [0.717, 1.165) is 12.1 Å². The van der Waals surface area contributed by atoms with Crippen molar-refractivity contribution in [1.82, 2.24) is 0 Å². The van der Waals surface area contributed by atoms with E-state index in [4.69, 9.17) is 22.5 Å². The Bertz CT molecular complexity index is 1410. The maximum atomic E-state index is 12.7. The quantitative estimate of drug-likeness (QED) is 0.409. The predicted octanol–water partition coefficient (Wildman–Crippen LogP) is 4.95. The maximum Gasteiger partial charge on any atom is 0.418 e. The monoisotopic (exact) mass is 563 g/mol. The standard InChI is InChI=1S/C12H11NO4S2.C11H14ClF3N2/c13-19(16,17)12-9-5-4-8-11(12)18(14,15)10-6-2-1-3-7-10;1-3-17(4-2)10-5-7(11(13,14)15)9(16)6-8(10)12/h1-9H,(H2,13,16,17);5-6H,3-4,16H2,1-2H3. The number of sulfonamides is 1. The average molecular weight is 564 g/mol. The van der Waals surface area contributed by atoms with Crippen LogP contribution in [-0.2, 0) is 26.0 Å². The molecule has 0 amide bonds. The Hall–Kier alpha value is -2.80. The first kappa shape index (κ1) is 29.4. The van der Waals surface area contributed by atoms with Gasteiger partial charge in [0.1, 0.15) is 4.90 Å². The number of benzene rings is 3. The van der Waals surface area contributed by atoms with Crippen LogP contribution in [0.5, 0.6) is 0 Å². The number of alkyl halides is 3. The van der Waals surface area contributed by atoms with Crippen LogP contribution in [0.15, 0.2) is 81.4 Å². The molecule has 0 bridgehead atoms. The Kier molecular flexibility index (Phi) is 9.40. The van der Waals surface area contributed by atoms with Gasteiger partial charge in [0.05, 0.1) is 26.1 Å². The van der Waals surface area contributed by atoms with Gasteiger partial charge in [-0.05, 0) is 50.2 Å². The lowest BCUT2D eigenvalue weighted by Gasteiger charge is -2.24. The third kappa shape index (κ3) is 6.90. The lowest BCUT2D eigenvalue weighted by molar-refractivity contribution is -0.136. The van der Waals surface area contributed by atoms with Gasteiger partial charge < -0.3 is 10.6 Å². The van der Waals surface area contributed by atoms with E-state index in [9.17, 15) is 30.0 Å². The first-order valence-corrected chi connectivity index (χ1v) is 13.9. The zero-order valence-electron chi connectivity index (χ0n) is 19.3. The summed E-state index contributed by atoms with van der Waals surface area (Å²) >= 11 is 5.91. The number of halogens is 4. The van der Waals surface area contributed by atoms with Crippen LogP contribution in [0, 0.1) is 0 Å². The normalized spacial score (nSPS) is 12.0. The minimum Gasteiger partial charge on any atom is -0.398 e. The highest BCUT2D eigenvalue weighted by atomic mass is 35.5. The summed E-state index contributed by atoms with van der Waals surface area (Å²) in [6.07, 6.45) is -4.46. The second-order valence-corrected chi connectivity index (χ2v) is 11.2. The van der Waals surface area contributed by atoms with Crippen LogP contribution >= 0.6 is 11.6 Å². The van der Waals surface area contributed by atoms with E-state index in [-0.39, 0.29) is 20.5 Å².